The second kappa shape index (κ2) is 4.86. The number of halogens is 7. The van der Waals surface area contributed by atoms with Gasteiger partial charge in [-0.1, -0.05) is 11.6 Å². The lowest BCUT2D eigenvalue weighted by molar-refractivity contribution is -0.275. The fourth-order valence-corrected chi connectivity index (χ4v) is 1.97. The second-order valence-corrected chi connectivity index (χ2v) is 3.93. The van der Waals surface area contributed by atoms with E-state index in [-0.39, 0.29) is 0 Å². The van der Waals surface area contributed by atoms with Crippen molar-refractivity contribution >= 4 is 34.2 Å². The average molecular weight is 373 g/mol. The molecule has 0 N–H and O–H groups in total. The first-order valence-electron chi connectivity index (χ1n) is 3.60. The van der Waals surface area contributed by atoms with Gasteiger partial charge in [-0.05, 0) is 22.6 Å². The first kappa shape index (κ1) is 13.7. The molecule has 90 valence electrons. The number of hydrogen-bond donors (Lipinski definition) is 0. The van der Waals surface area contributed by atoms with Crippen LogP contribution in [-0.4, -0.2) is 11.3 Å². The van der Waals surface area contributed by atoms with E-state index in [9.17, 15) is 22.0 Å². The summed E-state index contributed by atoms with van der Waals surface area (Å²) in [6.07, 6.45) is -7.35. The molecule has 0 aliphatic heterocycles. The highest BCUT2D eigenvalue weighted by Gasteiger charge is 2.33. The van der Waals surface area contributed by atoms with E-state index in [1.165, 1.54) is 22.6 Å². The molecule has 0 amide bonds. The number of hydrogen-bond acceptors (Lipinski definition) is 2. The maximum atomic E-state index is 12.4. The predicted molar refractivity (Wildman–Crippen MR) is 53.6 cm³/mol. The van der Waals surface area contributed by atoms with Crippen molar-refractivity contribution in [3.63, 3.8) is 0 Å². The van der Waals surface area contributed by atoms with Crippen molar-refractivity contribution in [3.8, 4) is 5.75 Å². The topological polar surface area (TPSA) is 22.1 Å². The summed E-state index contributed by atoms with van der Waals surface area (Å²) in [5.74, 6) is -0.798. The molecule has 0 fully saturated rings. The van der Waals surface area contributed by atoms with Gasteiger partial charge in [-0.15, -0.1) is 13.2 Å². The Balaban J connectivity index is 3.19. The van der Waals surface area contributed by atoms with E-state index in [2.05, 4.69) is 9.72 Å². The fraction of sp³-hybridized carbons (Fsp3) is 0.286. The van der Waals surface area contributed by atoms with Gasteiger partial charge in [0, 0.05) is 0 Å². The van der Waals surface area contributed by atoms with Gasteiger partial charge in [0.1, 0.15) is 5.15 Å². The van der Waals surface area contributed by atoms with Gasteiger partial charge in [0.05, 0.1) is 15.3 Å². The molecule has 0 saturated carbocycles. The molecule has 1 heterocycles. The van der Waals surface area contributed by atoms with Crippen molar-refractivity contribution in [2.24, 2.45) is 0 Å². The quantitative estimate of drug-likeness (QED) is 0.441. The molecule has 0 spiro atoms. The van der Waals surface area contributed by atoms with Gasteiger partial charge in [0.2, 0.25) is 0 Å². The molecule has 0 atom stereocenters. The van der Waals surface area contributed by atoms with E-state index >= 15 is 0 Å². The van der Waals surface area contributed by atoms with Crippen LogP contribution in [0.25, 0.3) is 0 Å². The Morgan fingerprint density at radius 3 is 2.38 bits per heavy atom. The van der Waals surface area contributed by atoms with E-state index in [0.29, 0.717) is 6.20 Å². The zero-order valence-corrected chi connectivity index (χ0v) is 10.1. The number of aromatic nitrogens is 1. The van der Waals surface area contributed by atoms with Crippen LogP contribution in [0.3, 0.4) is 0 Å². The van der Waals surface area contributed by atoms with Crippen LogP contribution in [-0.2, 0) is 0 Å². The Labute approximate surface area is 105 Å². The molecule has 0 saturated heterocycles. The van der Waals surface area contributed by atoms with E-state index < -0.39 is 32.8 Å². The molecule has 1 aromatic rings. The highest BCUT2D eigenvalue weighted by molar-refractivity contribution is 14.1. The summed E-state index contributed by atoms with van der Waals surface area (Å²) in [6.45, 7) is 0. The largest absolute Gasteiger partial charge is 0.573 e. The van der Waals surface area contributed by atoms with Crippen molar-refractivity contribution in [2.75, 3.05) is 0 Å². The number of rotatable bonds is 2. The van der Waals surface area contributed by atoms with Crippen LogP contribution in [0.2, 0.25) is 5.15 Å². The first-order valence-corrected chi connectivity index (χ1v) is 5.06. The molecule has 0 aromatic carbocycles. The van der Waals surface area contributed by atoms with Gasteiger partial charge in [-0.3, -0.25) is 0 Å². The smallest absolute Gasteiger partial charge is 0.403 e. The summed E-state index contributed by atoms with van der Waals surface area (Å²) < 4.78 is 63.6. The Morgan fingerprint density at radius 1 is 1.38 bits per heavy atom. The van der Waals surface area contributed by atoms with Gasteiger partial charge < -0.3 is 4.74 Å². The van der Waals surface area contributed by atoms with Crippen molar-refractivity contribution in [1.29, 1.82) is 0 Å². The predicted octanol–water partition coefficient (Wildman–Crippen LogP) is 4.18. The van der Waals surface area contributed by atoms with Crippen molar-refractivity contribution in [3.05, 3.63) is 20.5 Å². The highest BCUT2D eigenvalue weighted by atomic mass is 127. The summed E-state index contributed by atoms with van der Waals surface area (Å²) in [6, 6.07) is 0. The van der Waals surface area contributed by atoms with Gasteiger partial charge >= 0.3 is 6.36 Å². The SMILES string of the molecule is FC(F)c1c(Cl)ncc(OC(F)(F)F)c1I. The third-order valence-electron chi connectivity index (χ3n) is 1.41. The Morgan fingerprint density at radius 2 is 1.94 bits per heavy atom. The standard InChI is InChI=1S/C7H2ClF5INO/c8-5-3(6(9)10)4(14)2(1-15-5)16-7(11,12)13/h1,6H. The van der Waals surface area contributed by atoms with Gasteiger partial charge in [-0.2, -0.15) is 0 Å². The van der Waals surface area contributed by atoms with E-state index in [1.807, 2.05) is 0 Å². The lowest BCUT2D eigenvalue weighted by Crippen LogP contribution is -2.18. The monoisotopic (exact) mass is 373 g/mol. The van der Waals surface area contributed by atoms with Crippen LogP contribution in [0.4, 0.5) is 22.0 Å². The number of alkyl halides is 5. The van der Waals surface area contributed by atoms with Crippen molar-refractivity contribution in [1.82, 2.24) is 4.98 Å². The summed E-state index contributed by atoms with van der Waals surface area (Å²) in [5, 5.41) is -0.547. The van der Waals surface area contributed by atoms with E-state index in [4.69, 9.17) is 11.6 Å². The molecule has 1 rings (SSSR count). The summed E-state index contributed by atoms with van der Waals surface area (Å²) in [5.41, 5.74) is -0.774. The normalized spacial score (nSPS) is 12.0. The van der Waals surface area contributed by atoms with Gasteiger partial charge in [0.15, 0.2) is 5.75 Å². The molecule has 0 aliphatic rings. The molecule has 16 heavy (non-hydrogen) atoms. The fourth-order valence-electron chi connectivity index (χ4n) is 0.846. The molecule has 0 unspecified atom stereocenters. The average Bonchev–Trinajstić information content (AvgIpc) is 2.07. The first-order chi connectivity index (χ1) is 7.22. The molecule has 0 bridgehead atoms. The second-order valence-electron chi connectivity index (χ2n) is 2.49. The van der Waals surface area contributed by atoms with Crippen molar-refractivity contribution < 1.29 is 26.7 Å². The number of nitrogens with zero attached hydrogens (tertiary/aromatic N) is 1. The van der Waals surface area contributed by atoms with E-state index in [0.717, 1.165) is 0 Å². The van der Waals surface area contributed by atoms with Crippen LogP contribution >= 0.6 is 34.2 Å². The van der Waals surface area contributed by atoms with Crippen LogP contribution in [0.15, 0.2) is 6.20 Å². The third-order valence-corrected chi connectivity index (χ3v) is 2.83. The van der Waals surface area contributed by atoms with Crippen LogP contribution in [0, 0.1) is 3.57 Å². The maximum Gasteiger partial charge on any atom is 0.573 e. The lowest BCUT2D eigenvalue weighted by atomic mass is 10.3. The van der Waals surface area contributed by atoms with Crippen LogP contribution in [0.5, 0.6) is 5.75 Å². The zero-order chi connectivity index (χ0) is 12.5. The molecule has 0 radical (unpaired) electrons. The van der Waals surface area contributed by atoms with E-state index in [1.54, 1.807) is 0 Å². The summed E-state index contributed by atoms with van der Waals surface area (Å²) in [7, 11) is 0. The minimum absolute atomic E-state index is 0.412. The Hall–Kier alpha value is -0.380. The minimum Gasteiger partial charge on any atom is -0.403 e. The lowest BCUT2D eigenvalue weighted by Gasteiger charge is -2.13. The minimum atomic E-state index is -4.96. The molecule has 0 aliphatic carbocycles. The molecule has 9 heteroatoms. The van der Waals surface area contributed by atoms with Gasteiger partial charge in [0.25, 0.3) is 6.43 Å². The number of ether oxygens (including phenoxy) is 1. The highest BCUT2D eigenvalue weighted by Crippen LogP contribution is 2.36. The summed E-state index contributed by atoms with van der Waals surface area (Å²) in [4.78, 5) is 3.20. The van der Waals surface area contributed by atoms with Gasteiger partial charge in [-0.25, -0.2) is 13.8 Å². The molecular formula is C7H2ClF5INO. The van der Waals surface area contributed by atoms with Crippen LogP contribution in [0.1, 0.15) is 12.0 Å². The third kappa shape index (κ3) is 3.30. The summed E-state index contributed by atoms with van der Waals surface area (Å²) >= 11 is 6.63. The maximum absolute atomic E-state index is 12.4. The Kier molecular flexibility index (Phi) is 4.16. The number of pyridine rings is 1. The van der Waals surface area contributed by atoms with Crippen LogP contribution < -0.4 is 4.74 Å². The zero-order valence-electron chi connectivity index (χ0n) is 7.16. The molecule has 1 aromatic heterocycles. The molecular weight excluding hydrogens is 371 g/mol. The molecule has 2 nitrogen and oxygen atoms in total. The van der Waals surface area contributed by atoms with Crippen molar-refractivity contribution in [2.45, 2.75) is 12.8 Å². The Bertz CT molecular complexity index is 397.